The molecular weight excluding hydrogens is 333 g/mol. The summed E-state index contributed by atoms with van der Waals surface area (Å²) < 4.78 is 38.9. The second kappa shape index (κ2) is 6.38. The van der Waals surface area contributed by atoms with E-state index in [-0.39, 0.29) is 13.0 Å². The predicted molar refractivity (Wildman–Crippen MR) is 86.9 cm³/mol. The molecule has 0 spiro atoms. The van der Waals surface area contributed by atoms with Gasteiger partial charge in [-0.2, -0.15) is 13.2 Å². The normalized spacial score (nSPS) is 18.3. The van der Waals surface area contributed by atoms with Crippen molar-refractivity contribution in [1.82, 2.24) is 9.88 Å². The number of hydrogen-bond donors (Lipinski definition) is 1. The largest absolute Gasteiger partial charge is 0.471 e. The average Bonchev–Trinajstić information content (AvgIpc) is 2.96. The Morgan fingerprint density at radius 3 is 2.76 bits per heavy atom. The van der Waals surface area contributed by atoms with E-state index in [0.29, 0.717) is 24.0 Å². The summed E-state index contributed by atoms with van der Waals surface area (Å²) in [5.41, 5.74) is 2.79. The van der Waals surface area contributed by atoms with Gasteiger partial charge in [-0.25, -0.2) is 0 Å². The molecule has 1 atom stereocenters. The molecule has 2 aromatic rings. The minimum Gasteiger partial charge on any atom is -0.356 e. The number of H-pyrrole nitrogens is 1. The van der Waals surface area contributed by atoms with E-state index >= 15 is 0 Å². The highest BCUT2D eigenvalue weighted by Crippen LogP contribution is 2.38. The lowest BCUT2D eigenvalue weighted by Crippen LogP contribution is -2.46. The van der Waals surface area contributed by atoms with Crippen LogP contribution in [0.2, 0.25) is 0 Å². The number of aldehydes is 1. The van der Waals surface area contributed by atoms with Crippen molar-refractivity contribution in [2.24, 2.45) is 0 Å². The number of nitrogens with one attached hydrogen (secondary N) is 1. The van der Waals surface area contributed by atoms with E-state index < -0.39 is 18.1 Å². The molecule has 1 aliphatic rings. The Kier molecular flexibility index (Phi) is 4.41. The summed E-state index contributed by atoms with van der Waals surface area (Å²) in [5, 5.41) is 0.956. The van der Waals surface area contributed by atoms with Crippen molar-refractivity contribution in [3.63, 3.8) is 0 Å². The maximum Gasteiger partial charge on any atom is 0.471 e. The molecule has 0 saturated heterocycles. The van der Waals surface area contributed by atoms with Gasteiger partial charge in [0.1, 0.15) is 6.29 Å². The Hall–Kier alpha value is -2.57. The number of hydrogen-bond acceptors (Lipinski definition) is 2. The molecule has 0 radical (unpaired) electrons. The zero-order valence-corrected chi connectivity index (χ0v) is 13.6. The Labute approximate surface area is 142 Å². The number of benzene rings is 1. The monoisotopic (exact) mass is 350 g/mol. The SMILES string of the molecule is C/C(C=O)=C\CC1c2[nH]c3ccccc3c2CCN1C(=O)C(F)(F)F. The number of fused-ring (bicyclic) bond motifs is 3. The zero-order valence-electron chi connectivity index (χ0n) is 13.6. The molecule has 0 bridgehead atoms. The lowest BCUT2D eigenvalue weighted by atomic mass is 9.94. The molecule has 0 aliphatic carbocycles. The molecule has 0 fully saturated rings. The van der Waals surface area contributed by atoms with Crippen LogP contribution in [-0.4, -0.2) is 34.8 Å². The lowest BCUT2D eigenvalue weighted by molar-refractivity contribution is -0.188. The van der Waals surface area contributed by atoms with Crippen LogP contribution in [0.1, 0.15) is 30.6 Å². The first kappa shape index (κ1) is 17.3. The average molecular weight is 350 g/mol. The molecule has 132 valence electrons. The number of aromatic amines is 1. The van der Waals surface area contributed by atoms with Crippen molar-refractivity contribution in [2.75, 3.05) is 6.54 Å². The molecule has 3 rings (SSSR count). The number of carbonyl (C=O) groups is 2. The highest BCUT2D eigenvalue weighted by molar-refractivity contribution is 5.87. The van der Waals surface area contributed by atoms with E-state index in [1.54, 1.807) is 13.0 Å². The number of aromatic nitrogens is 1. The highest BCUT2D eigenvalue weighted by atomic mass is 19.4. The number of halogens is 3. The van der Waals surface area contributed by atoms with Crippen molar-refractivity contribution >= 4 is 23.1 Å². The van der Waals surface area contributed by atoms with Crippen LogP contribution in [0, 0.1) is 0 Å². The first-order chi connectivity index (χ1) is 11.8. The van der Waals surface area contributed by atoms with Crippen molar-refractivity contribution < 1.29 is 22.8 Å². The number of alkyl halides is 3. The fourth-order valence-corrected chi connectivity index (χ4v) is 3.32. The standard InChI is InChI=1S/C18H17F3N2O2/c1-11(10-24)6-7-15-16-13(12-4-2-3-5-14(12)22-16)8-9-23(15)17(25)18(19,20)21/h2-6,10,15,22H,7-9H2,1H3/b11-6+. The molecule has 1 N–H and O–H groups in total. The maximum atomic E-state index is 13.0. The van der Waals surface area contributed by atoms with Gasteiger partial charge in [-0.15, -0.1) is 0 Å². The van der Waals surface area contributed by atoms with Crippen LogP contribution < -0.4 is 0 Å². The fourth-order valence-electron chi connectivity index (χ4n) is 3.32. The van der Waals surface area contributed by atoms with E-state index in [9.17, 15) is 22.8 Å². The van der Waals surface area contributed by atoms with Crippen molar-refractivity contribution in [3.8, 4) is 0 Å². The smallest absolute Gasteiger partial charge is 0.356 e. The maximum absolute atomic E-state index is 13.0. The van der Waals surface area contributed by atoms with Gasteiger partial charge in [0.15, 0.2) is 0 Å². The Morgan fingerprint density at radius 2 is 2.08 bits per heavy atom. The Balaban J connectivity index is 2.07. The number of carbonyl (C=O) groups excluding carboxylic acids is 2. The first-order valence-corrected chi connectivity index (χ1v) is 7.92. The van der Waals surface area contributed by atoms with E-state index in [2.05, 4.69) is 4.98 Å². The number of nitrogens with zero attached hydrogens (tertiary/aromatic N) is 1. The van der Waals surface area contributed by atoms with Gasteiger partial charge in [-0.3, -0.25) is 9.59 Å². The van der Waals surface area contributed by atoms with Gasteiger partial charge >= 0.3 is 12.1 Å². The van der Waals surface area contributed by atoms with Gasteiger partial charge < -0.3 is 9.88 Å². The van der Waals surface area contributed by atoms with E-state index in [1.165, 1.54) is 0 Å². The van der Waals surface area contributed by atoms with Crippen LogP contribution in [0.3, 0.4) is 0 Å². The molecular formula is C18H17F3N2O2. The second-order valence-electron chi connectivity index (χ2n) is 6.13. The van der Waals surface area contributed by atoms with Crippen LogP contribution in [0.4, 0.5) is 13.2 Å². The first-order valence-electron chi connectivity index (χ1n) is 7.92. The van der Waals surface area contributed by atoms with Crippen molar-refractivity contribution in [1.29, 1.82) is 0 Å². The van der Waals surface area contributed by atoms with E-state index in [0.717, 1.165) is 21.4 Å². The molecule has 0 saturated carbocycles. The number of rotatable bonds is 3. The molecule has 25 heavy (non-hydrogen) atoms. The van der Waals surface area contributed by atoms with Crippen LogP contribution in [0.25, 0.3) is 10.9 Å². The van der Waals surface area contributed by atoms with E-state index in [1.807, 2.05) is 24.3 Å². The van der Waals surface area contributed by atoms with Crippen LogP contribution in [0.15, 0.2) is 35.9 Å². The van der Waals surface area contributed by atoms with Crippen LogP contribution in [-0.2, 0) is 16.0 Å². The van der Waals surface area contributed by atoms with Crippen molar-refractivity contribution in [3.05, 3.63) is 47.2 Å². The minimum atomic E-state index is -4.93. The predicted octanol–water partition coefficient (Wildman–Crippen LogP) is 3.69. The van der Waals surface area contributed by atoms with Gasteiger partial charge in [-0.1, -0.05) is 24.3 Å². The van der Waals surface area contributed by atoms with Gasteiger partial charge in [0.2, 0.25) is 0 Å². The number of para-hydroxylation sites is 1. The summed E-state index contributed by atoms with van der Waals surface area (Å²) in [7, 11) is 0. The van der Waals surface area contributed by atoms with E-state index in [4.69, 9.17) is 0 Å². The summed E-state index contributed by atoms with van der Waals surface area (Å²) in [6, 6.07) is 6.70. The van der Waals surface area contributed by atoms with Gasteiger partial charge in [0.25, 0.3) is 0 Å². The van der Waals surface area contributed by atoms with Gasteiger partial charge in [0, 0.05) is 23.1 Å². The lowest BCUT2D eigenvalue weighted by Gasteiger charge is -2.35. The quantitative estimate of drug-likeness (QED) is 0.678. The Bertz CT molecular complexity index is 852. The third-order valence-electron chi connectivity index (χ3n) is 4.51. The highest BCUT2D eigenvalue weighted by Gasteiger charge is 2.46. The van der Waals surface area contributed by atoms with Crippen LogP contribution >= 0.6 is 0 Å². The van der Waals surface area contributed by atoms with Gasteiger partial charge in [0.05, 0.1) is 6.04 Å². The Morgan fingerprint density at radius 1 is 1.36 bits per heavy atom. The van der Waals surface area contributed by atoms with Crippen LogP contribution in [0.5, 0.6) is 0 Å². The number of allylic oxidation sites excluding steroid dienone is 1. The minimum absolute atomic E-state index is 0.00810. The third-order valence-corrected chi connectivity index (χ3v) is 4.51. The molecule has 1 amide bonds. The fraction of sp³-hybridized carbons (Fsp3) is 0.333. The molecule has 4 nitrogen and oxygen atoms in total. The summed E-state index contributed by atoms with van der Waals surface area (Å²) in [6.45, 7) is 1.57. The topological polar surface area (TPSA) is 53.2 Å². The molecule has 7 heteroatoms. The number of amides is 1. The molecule has 1 aromatic carbocycles. The summed E-state index contributed by atoms with van der Waals surface area (Å²) in [5.74, 6) is -1.85. The second-order valence-corrected chi connectivity index (χ2v) is 6.13. The van der Waals surface area contributed by atoms with Crippen molar-refractivity contribution in [2.45, 2.75) is 32.0 Å². The molecule has 1 unspecified atom stereocenters. The van der Waals surface area contributed by atoms with Gasteiger partial charge in [-0.05, 0) is 37.0 Å². The summed E-state index contributed by atoms with van der Waals surface area (Å²) >= 11 is 0. The summed E-state index contributed by atoms with van der Waals surface area (Å²) in [4.78, 5) is 26.7. The molecule has 1 aromatic heterocycles. The zero-order chi connectivity index (χ0) is 18.2. The molecule has 1 aliphatic heterocycles. The third kappa shape index (κ3) is 3.18. The summed E-state index contributed by atoms with van der Waals surface area (Å²) in [6.07, 6.45) is -2.22. The molecule has 2 heterocycles.